The molecule has 7 heavy (non-hydrogen) atoms. The quantitative estimate of drug-likeness (QED) is 0.400. The Kier molecular flexibility index (Phi) is 1.65. The van der Waals surface area contributed by atoms with E-state index >= 15 is 0 Å². The molecule has 0 aromatic carbocycles. The number of rotatable bonds is 0. The van der Waals surface area contributed by atoms with Gasteiger partial charge in [-0.05, 0) is 0 Å². The molecule has 0 saturated carbocycles. The highest BCUT2D eigenvalue weighted by molar-refractivity contribution is 4.48. The molecule has 1 fully saturated rings. The summed E-state index contributed by atoms with van der Waals surface area (Å²) in [7, 11) is 0. The molecule has 0 aromatic rings. The van der Waals surface area contributed by atoms with E-state index in [4.69, 9.17) is 4.74 Å². The van der Waals surface area contributed by atoms with Gasteiger partial charge in [-0.15, -0.1) is 0 Å². The fourth-order valence-electron chi connectivity index (χ4n) is 0.644. The molecule has 0 amide bonds. The normalized spacial score (nSPS) is 33.0. The van der Waals surface area contributed by atoms with Gasteiger partial charge in [-0.1, -0.05) is 6.92 Å². The summed E-state index contributed by atoms with van der Waals surface area (Å²) in [6.07, 6.45) is 0. The van der Waals surface area contributed by atoms with Crippen LogP contribution in [0.2, 0.25) is 0 Å². The van der Waals surface area contributed by atoms with Crippen LogP contribution < -0.4 is 0 Å². The second-order valence-corrected chi connectivity index (χ2v) is 2.01. The third-order valence-electron chi connectivity index (χ3n) is 1.03. The summed E-state index contributed by atoms with van der Waals surface area (Å²) >= 11 is 0. The highest BCUT2D eigenvalue weighted by atomic mass is 16.7. The highest BCUT2D eigenvalue weighted by Crippen LogP contribution is 1.99. The maximum absolute atomic E-state index is 5.02. The van der Waals surface area contributed by atoms with Crippen molar-refractivity contribution in [3.8, 4) is 0 Å². The molecule has 1 N–H and O–H groups in total. The van der Waals surface area contributed by atoms with E-state index in [1.54, 1.807) is 0 Å². The van der Waals surface area contributed by atoms with Crippen molar-refractivity contribution in [1.29, 1.82) is 0 Å². The Morgan fingerprint density at radius 2 is 2.57 bits per heavy atom. The number of aliphatic hydroxyl groups is 2. The molecule has 1 atom stereocenters. The summed E-state index contributed by atoms with van der Waals surface area (Å²) < 4.78 is 9.05. The average molecular weight is 103 g/mol. The SMILES string of the molecule is CC1COC[OH+]C1. The second kappa shape index (κ2) is 2.28. The predicted octanol–water partition coefficient (Wildman–Crippen LogP) is 0.138. The standard InChI is InChI=1S/C5H10O2/c1-5-2-6-4-7-3-5/h5H,2-4H2,1H3/p+1. The first kappa shape index (κ1) is 5.06. The first-order valence-corrected chi connectivity index (χ1v) is 2.60. The first-order valence-electron chi connectivity index (χ1n) is 2.60. The van der Waals surface area contributed by atoms with Gasteiger partial charge in [0.25, 0.3) is 6.79 Å². The van der Waals surface area contributed by atoms with Gasteiger partial charge in [-0.25, -0.2) is 0 Å². The third-order valence-corrected chi connectivity index (χ3v) is 1.03. The molecule has 42 valence electrons. The molecule has 1 aliphatic rings. The minimum atomic E-state index is 0.615. The van der Waals surface area contributed by atoms with Gasteiger partial charge < -0.3 is 9.47 Å². The van der Waals surface area contributed by atoms with Crippen LogP contribution in [0, 0.1) is 5.92 Å². The molecule has 0 bridgehead atoms. The van der Waals surface area contributed by atoms with Crippen molar-refractivity contribution >= 4 is 0 Å². The van der Waals surface area contributed by atoms with Gasteiger partial charge in [0.2, 0.25) is 0 Å². The summed E-state index contributed by atoms with van der Waals surface area (Å²) in [5.41, 5.74) is 0. The van der Waals surface area contributed by atoms with Crippen molar-refractivity contribution in [1.82, 2.24) is 0 Å². The topological polar surface area (TPSA) is 22.0 Å². The summed E-state index contributed by atoms with van der Waals surface area (Å²) in [5, 5.41) is 0. The lowest BCUT2D eigenvalue weighted by Gasteiger charge is -2.13. The van der Waals surface area contributed by atoms with Gasteiger partial charge in [0.05, 0.1) is 6.61 Å². The Bertz CT molecular complexity index is 48.0. The van der Waals surface area contributed by atoms with E-state index in [0.29, 0.717) is 12.7 Å². The molecule has 2 heteroatoms. The smallest absolute Gasteiger partial charge is 0.254 e. The Balaban J connectivity index is 2.12. The molecule has 1 heterocycles. The van der Waals surface area contributed by atoms with E-state index < -0.39 is 0 Å². The lowest BCUT2D eigenvalue weighted by atomic mass is 10.2. The van der Waals surface area contributed by atoms with E-state index in [0.717, 1.165) is 13.2 Å². The minimum Gasteiger partial charge on any atom is -0.412 e. The largest absolute Gasteiger partial charge is 0.412 e. The lowest BCUT2D eigenvalue weighted by molar-refractivity contribution is -0.216. The fraction of sp³-hybridized carbons (Fsp3) is 1.00. The number of ether oxygens (including phenoxy) is 2. The van der Waals surface area contributed by atoms with Crippen LogP contribution in [0.15, 0.2) is 0 Å². The zero-order chi connectivity index (χ0) is 5.11. The van der Waals surface area contributed by atoms with Crippen LogP contribution in [0.4, 0.5) is 0 Å². The summed E-state index contributed by atoms with van der Waals surface area (Å²) in [5.74, 6) is 0.647. The fourth-order valence-corrected chi connectivity index (χ4v) is 0.644. The van der Waals surface area contributed by atoms with Gasteiger partial charge in [0.15, 0.2) is 6.61 Å². The zero-order valence-corrected chi connectivity index (χ0v) is 4.55. The van der Waals surface area contributed by atoms with Crippen molar-refractivity contribution in [2.45, 2.75) is 6.92 Å². The van der Waals surface area contributed by atoms with E-state index in [1.165, 1.54) is 0 Å². The van der Waals surface area contributed by atoms with Gasteiger partial charge in [-0.3, -0.25) is 0 Å². The minimum absolute atomic E-state index is 0.615. The Morgan fingerprint density at radius 1 is 1.71 bits per heavy atom. The Hall–Kier alpha value is -0.0800. The number of hydrogen-bond acceptors (Lipinski definition) is 1. The van der Waals surface area contributed by atoms with Crippen LogP contribution in [0.1, 0.15) is 6.92 Å². The van der Waals surface area contributed by atoms with Crippen molar-refractivity contribution in [2.24, 2.45) is 5.92 Å². The molecule has 1 aliphatic heterocycles. The van der Waals surface area contributed by atoms with E-state index in [2.05, 4.69) is 11.7 Å². The van der Waals surface area contributed by atoms with Crippen LogP contribution in [0.3, 0.4) is 0 Å². The van der Waals surface area contributed by atoms with Gasteiger partial charge in [0.1, 0.15) is 0 Å². The van der Waals surface area contributed by atoms with E-state index in [9.17, 15) is 0 Å². The van der Waals surface area contributed by atoms with Crippen LogP contribution in [-0.4, -0.2) is 24.7 Å². The third kappa shape index (κ3) is 1.45. The maximum Gasteiger partial charge on any atom is 0.254 e. The maximum atomic E-state index is 5.02. The van der Waals surface area contributed by atoms with Gasteiger partial charge in [0, 0.05) is 5.92 Å². The summed E-state index contributed by atoms with van der Waals surface area (Å²) in [6, 6.07) is 0. The molecule has 0 aliphatic carbocycles. The van der Waals surface area contributed by atoms with Crippen molar-refractivity contribution in [3.05, 3.63) is 0 Å². The highest BCUT2D eigenvalue weighted by Gasteiger charge is 2.10. The van der Waals surface area contributed by atoms with Crippen LogP contribution in [-0.2, 0) is 4.74 Å². The Labute approximate surface area is 43.4 Å². The van der Waals surface area contributed by atoms with Crippen molar-refractivity contribution in [2.75, 3.05) is 20.0 Å². The van der Waals surface area contributed by atoms with Crippen LogP contribution in [0.5, 0.6) is 0 Å². The van der Waals surface area contributed by atoms with Crippen molar-refractivity contribution in [3.63, 3.8) is 0 Å². The molecule has 1 unspecified atom stereocenters. The molecular formula is C5H11O2+. The monoisotopic (exact) mass is 103 g/mol. The van der Waals surface area contributed by atoms with Gasteiger partial charge in [-0.2, -0.15) is 0 Å². The molecule has 2 nitrogen and oxygen atoms in total. The molecule has 1 saturated heterocycles. The van der Waals surface area contributed by atoms with Crippen LogP contribution in [0.25, 0.3) is 0 Å². The zero-order valence-electron chi connectivity index (χ0n) is 4.55. The van der Waals surface area contributed by atoms with Gasteiger partial charge >= 0.3 is 0 Å². The predicted molar refractivity (Wildman–Crippen MR) is 27.1 cm³/mol. The Morgan fingerprint density at radius 3 is 2.86 bits per heavy atom. The molecule has 1 rings (SSSR count). The molecule has 0 aromatic heterocycles. The first-order chi connectivity index (χ1) is 3.39. The summed E-state index contributed by atoms with van der Waals surface area (Å²) in [4.78, 5) is 0. The summed E-state index contributed by atoms with van der Waals surface area (Å²) in [6.45, 7) is 4.64. The molecule has 0 radical (unpaired) electrons. The van der Waals surface area contributed by atoms with Crippen molar-refractivity contribution < 1.29 is 9.47 Å². The number of hydrogen-bond donors (Lipinski definition) is 0. The van der Waals surface area contributed by atoms with E-state index in [1.807, 2.05) is 0 Å². The van der Waals surface area contributed by atoms with E-state index in [-0.39, 0.29) is 0 Å². The second-order valence-electron chi connectivity index (χ2n) is 2.01. The lowest BCUT2D eigenvalue weighted by Crippen LogP contribution is -2.24. The molecular weight excluding hydrogens is 92.1 g/mol. The van der Waals surface area contributed by atoms with Crippen LogP contribution >= 0.6 is 0 Å². The average Bonchev–Trinajstić information content (AvgIpc) is 1.69. The molecule has 0 spiro atoms.